The third-order valence-corrected chi connectivity index (χ3v) is 5.67. The second kappa shape index (κ2) is 6.10. The van der Waals surface area contributed by atoms with Gasteiger partial charge in [0, 0.05) is 32.2 Å². The van der Waals surface area contributed by atoms with Gasteiger partial charge in [-0.3, -0.25) is 9.59 Å². The monoisotopic (exact) mass is 387 g/mol. The first-order valence-corrected chi connectivity index (χ1v) is 9.34. The van der Waals surface area contributed by atoms with E-state index in [0.29, 0.717) is 26.2 Å². The molecular formula is C19H19F2N5O2. The molecule has 0 amide bonds. The second-order valence-corrected chi connectivity index (χ2v) is 7.57. The van der Waals surface area contributed by atoms with Gasteiger partial charge in [0.15, 0.2) is 11.5 Å². The smallest absolute Gasteiger partial charge is 0.264 e. The third-order valence-electron chi connectivity index (χ3n) is 5.67. The lowest BCUT2D eigenvalue weighted by molar-refractivity contribution is 0.310. The zero-order chi connectivity index (χ0) is 19.6. The number of piperazine rings is 1. The first-order chi connectivity index (χ1) is 13.5. The number of aromatic nitrogens is 3. The molecule has 1 N–H and O–H groups in total. The fourth-order valence-corrected chi connectivity index (χ4v) is 4.03. The minimum atomic E-state index is -0.784. The average molecular weight is 387 g/mol. The van der Waals surface area contributed by atoms with Crippen LogP contribution >= 0.6 is 0 Å². The summed E-state index contributed by atoms with van der Waals surface area (Å²) in [4.78, 5) is 35.5. The third kappa shape index (κ3) is 2.46. The van der Waals surface area contributed by atoms with Gasteiger partial charge in [-0.25, -0.2) is 13.8 Å². The molecule has 0 bridgehead atoms. The van der Waals surface area contributed by atoms with Crippen LogP contribution in [0.25, 0.3) is 21.9 Å². The van der Waals surface area contributed by atoms with Crippen LogP contribution in [-0.4, -0.2) is 52.7 Å². The molecule has 1 saturated heterocycles. The Morgan fingerprint density at radius 2 is 1.86 bits per heavy atom. The van der Waals surface area contributed by atoms with Crippen molar-refractivity contribution in [1.29, 1.82) is 0 Å². The minimum absolute atomic E-state index is 0.0356. The van der Waals surface area contributed by atoms with Gasteiger partial charge in [-0.15, -0.1) is 0 Å². The van der Waals surface area contributed by atoms with E-state index >= 15 is 4.39 Å². The molecule has 0 spiro atoms. The molecule has 7 nitrogen and oxygen atoms in total. The number of nitrogens with zero attached hydrogens (tertiary/aromatic N) is 4. The molecule has 9 heteroatoms. The number of nitrogens with one attached hydrogen (secondary N) is 1. The summed E-state index contributed by atoms with van der Waals surface area (Å²) >= 11 is 0. The number of aromatic amines is 1. The highest BCUT2D eigenvalue weighted by molar-refractivity contribution is 5.94. The Kier molecular flexibility index (Phi) is 3.77. The van der Waals surface area contributed by atoms with Crippen molar-refractivity contribution in [3.63, 3.8) is 0 Å². The largest absolute Gasteiger partial charge is 0.364 e. The van der Waals surface area contributed by atoms with Gasteiger partial charge in [-0.05, 0) is 26.0 Å². The van der Waals surface area contributed by atoms with E-state index in [1.165, 1.54) is 6.33 Å². The van der Waals surface area contributed by atoms with Crippen LogP contribution in [0.4, 0.5) is 14.5 Å². The second-order valence-electron chi connectivity index (χ2n) is 7.57. The van der Waals surface area contributed by atoms with Crippen LogP contribution in [0.15, 0.2) is 22.0 Å². The Morgan fingerprint density at radius 3 is 2.54 bits per heavy atom. The Bertz CT molecular complexity index is 1220. The molecule has 146 valence electrons. The van der Waals surface area contributed by atoms with Gasteiger partial charge in [0.2, 0.25) is 5.43 Å². The van der Waals surface area contributed by atoms with Gasteiger partial charge in [0.05, 0.1) is 17.2 Å². The van der Waals surface area contributed by atoms with Gasteiger partial charge in [-0.1, -0.05) is 0 Å². The maximum absolute atomic E-state index is 15.7. The Labute approximate surface area is 158 Å². The first-order valence-electron chi connectivity index (χ1n) is 9.34. The standard InChI is InChI=1S/C19H19F2N5O2/c1-24-4-6-25(7-5-24)16-12(20)8-11-15(14(16)21)26(10-2-3-10)18-13(17(11)27)19(28)23-9-22-18/h8-10H,2-7H2,1H3,(H,22,23,28). The van der Waals surface area contributed by atoms with Gasteiger partial charge >= 0.3 is 0 Å². The topological polar surface area (TPSA) is 74.2 Å². The summed E-state index contributed by atoms with van der Waals surface area (Å²) in [6.07, 6.45) is 2.79. The zero-order valence-electron chi connectivity index (χ0n) is 15.3. The molecule has 1 aliphatic carbocycles. The van der Waals surface area contributed by atoms with E-state index < -0.39 is 22.6 Å². The number of benzene rings is 1. The van der Waals surface area contributed by atoms with E-state index in [1.807, 2.05) is 7.05 Å². The summed E-state index contributed by atoms with van der Waals surface area (Å²) in [5.74, 6) is -1.54. The molecule has 2 aromatic heterocycles. The molecule has 2 aliphatic rings. The van der Waals surface area contributed by atoms with Crippen molar-refractivity contribution in [2.45, 2.75) is 18.9 Å². The molecule has 0 unspecified atom stereocenters. The van der Waals surface area contributed by atoms with E-state index in [9.17, 15) is 14.0 Å². The van der Waals surface area contributed by atoms with Crippen molar-refractivity contribution in [2.75, 3.05) is 38.1 Å². The number of hydrogen-bond donors (Lipinski definition) is 1. The summed E-state index contributed by atoms with van der Waals surface area (Å²) < 4.78 is 32.3. The van der Waals surface area contributed by atoms with Gasteiger partial charge in [0.1, 0.15) is 16.9 Å². The lowest BCUT2D eigenvalue weighted by atomic mass is 10.1. The molecule has 0 radical (unpaired) electrons. The number of H-pyrrole nitrogens is 1. The van der Waals surface area contributed by atoms with E-state index in [0.717, 1.165) is 18.9 Å². The summed E-state index contributed by atoms with van der Waals surface area (Å²) in [6.45, 7) is 2.38. The summed E-state index contributed by atoms with van der Waals surface area (Å²) in [5.41, 5.74) is -1.22. The van der Waals surface area contributed by atoms with Crippen molar-refractivity contribution in [3.8, 4) is 0 Å². The van der Waals surface area contributed by atoms with Crippen molar-refractivity contribution in [1.82, 2.24) is 19.4 Å². The molecule has 2 fully saturated rings. The van der Waals surface area contributed by atoms with Crippen molar-refractivity contribution < 1.29 is 8.78 Å². The lowest BCUT2D eigenvalue weighted by Gasteiger charge is -2.34. The Morgan fingerprint density at radius 1 is 1.14 bits per heavy atom. The zero-order valence-corrected chi connectivity index (χ0v) is 15.3. The molecule has 3 aromatic rings. The number of likely N-dealkylation sites (N-methyl/N-ethyl adjacent to an activating group) is 1. The SMILES string of the molecule is CN1CCN(c2c(F)cc3c(=O)c4c(=O)[nH]cnc4n(C4CC4)c3c2F)CC1. The minimum Gasteiger partial charge on any atom is -0.364 e. The van der Waals surface area contributed by atoms with E-state index in [1.54, 1.807) is 9.47 Å². The van der Waals surface area contributed by atoms with Crippen LogP contribution in [0.2, 0.25) is 0 Å². The molecule has 28 heavy (non-hydrogen) atoms. The van der Waals surface area contributed by atoms with Crippen LogP contribution < -0.4 is 15.9 Å². The van der Waals surface area contributed by atoms with Crippen LogP contribution in [-0.2, 0) is 0 Å². The number of anilines is 1. The predicted molar refractivity (Wildman–Crippen MR) is 102 cm³/mol. The molecule has 1 saturated carbocycles. The van der Waals surface area contributed by atoms with E-state index in [2.05, 4.69) is 14.9 Å². The molecule has 3 heterocycles. The van der Waals surface area contributed by atoms with Crippen LogP contribution in [0.5, 0.6) is 0 Å². The van der Waals surface area contributed by atoms with Crippen molar-refractivity contribution >= 4 is 27.6 Å². The summed E-state index contributed by atoms with van der Waals surface area (Å²) in [5, 5.41) is -0.279. The lowest BCUT2D eigenvalue weighted by Crippen LogP contribution is -2.45. The van der Waals surface area contributed by atoms with Gasteiger partial charge in [0.25, 0.3) is 5.56 Å². The Hall–Kier alpha value is -2.81. The predicted octanol–water partition coefficient (Wildman–Crippen LogP) is 1.60. The van der Waals surface area contributed by atoms with Gasteiger partial charge in [-0.2, -0.15) is 0 Å². The fourth-order valence-electron chi connectivity index (χ4n) is 4.03. The quantitative estimate of drug-likeness (QED) is 0.677. The molecule has 5 rings (SSSR count). The van der Waals surface area contributed by atoms with Gasteiger partial charge < -0.3 is 19.4 Å². The highest BCUT2D eigenvalue weighted by atomic mass is 19.1. The highest BCUT2D eigenvalue weighted by Gasteiger charge is 2.32. The number of rotatable bonds is 2. The first kappa shape index (κ1) is 17.3. The molecule has 0 atom stereocenters. The number of halogens is 2. The summed E-state index contributed by atoms with van der Waals surface area (Å²) in [7, 11) is 1.96. The van der Waals surface area contributed by atoms with E-state index in [4.69, 9.17) is 0 Å². The van der Waals surface area contributed by atoms with Crippen LogP contribution in [0.1, 0.15) is 18.9 Å². The summed E-state index contributed by atoms with van der Waals surface area (Å²) in [6, 6.07) is 1.01. The Balaban J connectivity index is 1.88. The van der Waals surface area contributed by atoms with Crippen LogP contribution in [0, 0.1) is 11.6 Å². The number of hydrogen-bond acceptors (Lipinski definition) is 5. The maximum Gasteiger partial charge on any atom is 0.264 e. The fraction of sp³-hybridized carbons (Fsp3) is 0.421. The molecule has 1 aliphatic heterocycles. The maximum atomic E-state index is 15.7. The van der Waals surface area contributed by atoms with Crippen molar-refractivity contribution in [3.05, 3.63) is 44.6 Å². The number of fused-ring (bicyclic) bond motifs is 2. The molecular weight excluding hydrogens is 368 g/mol. The number of pyridine rings is 1. The molecule has 1 aromatic carbocycles. The highest BCUT2D eigenvalue weighted by Crippen LogP contribution is 2.41. The van der Waals surface area contributed by atoms with Crippen LogP contribution in [0.3, 0.4) is 0 Å². The normalized spacial score (nSPS) is 18.3. The van der Waals surface area contributed by atoms with Crippen molar-refractivity contribution in [2.24, 2.45) is 0 Å². The average Bonchev–Trinajstić information content (AvgIpc) is 3.49. The van der Waals surface area contributed by atoms with E-state index in [-0.39, 0.29) is 33.7 Å².